The Morgan fingerprint density at radius 3 is 2.69 bits per heavy atom. The highest BCUT2D eigenvalue weighted by atomic mass is 16.5. The highest BCUT2D eigenvalue weighted by molar-refractivity contribution is 5.76. The minimum atomic E-state index is -0.231. The standard InChI is InChI=1S/C21H26N2O3/c1-26-20-5-3-2-4-16(20)6-7-21(25)23-19(17-13-18(24)14-17)12-15-8-10-22-11-9-15/h2-5,8-11,17-19,24H,6-7,12-14H2,1H3,(H,23,25)/t17?,18?,19-/m0/s1. The molecule has 2 aromatic rings. The van der Waals surface area contributed by atoms with Crippen molar-refractivity contribution in [2.24, 2.45) is 5.92 Å². The number of ether oxygens (including phenoxy) is 1. The fourth-order valence-corrected chi connectivity index (χ4v) is 3.50. The van der Waals surface area contributed by atoms with E-state index in [0.29, 0.717) is 18.8 Å². The molecular weight excluding hydrogens is 328 g/mol. The molecule has 1 atom stereocenters. The van der Waals surface area contributed by atoms with Crippen LogP contribution in [-0.4, -0.2) is 35.3 Å². The van der Waals surface area contributed by atoms with Gasteiger partial charge in [-0.2, -0.15) is 0 Å². The number of rotatable bonds is 8. The third-order valence-corrected chi connectivity index (χ3v) is 5.08. The van der Waals surface area contributed by atoms with Gasteiger partial charge >= 0.3 is 0 Å². The normalized spacial score (nSPS) is 20.1. The lowest BCUT2D eigenvalue weighted by molar-refractivity contribution is -0.122. The summed E-state index contributed by atoms with van der Waals surface area (Å²) in [5.74, 6) is 1.18. The quantitative estimate of drug-likeness (QED) is 0.764. The lowest BCUT2D eigenvalue weighted by Crippen LogP contribution is -2.48. The van der Waals surface area contributed by atoms with Gasteiger partial charge in [-0.1, -0.05) is 18.2 Å². The Morgan fingerprint density at radius 2 is 2.00 bits per heavy atom. The molecule has 26 heavy (non-hydrogen) atoms. The predicted molar refractivity (Wildman–Crippen MR) is 99.9 cm³/mol. The predicted octanol–water partition coefficient (Wildman–Crippen LogP) is 2.52. The Balaban J connectivity index is 1.58. The second-order valence-corrected chi connectivity index (χ2v) is 6.93. The molecule has 0 spiro atoms. The molecule has 1 heterocycles. The first-order valence-corrected chi connectivity index (χ1v) is 9.14. The van der Waals surface area contributed by atoms with Crippen molar-refractivity contribution in [2.45, 2.75) is 44.2 Å². The first kappa shape index (κ1) is 18.4. The van der Waals surface area contributed by atoms with E-state index in [1.165, 1.54) is 0 Å². The molecule has 1 amide bonds. The Kier molecular flexibility index (Phi) is 6.23. The Morgan fingerprint density at radius 1 is 1.27 bits per heavy atom. The van der Waals surface area contributed by atoms with Crippen molar-refractivity contribution < 1.29 is 14.6 Å². The molecule has 0 saturated heterocycles. The van der Waals surface area contributed by atoms with Gasteiger partial charge in [0.2, 0.25) is 5.91 Å². The maximum Gasteiger partial charge on any atom is 0.220 e. The number of amides is 1. The number of hydrogen-bond acceptors (Lipinski definition) is 4. The molecule has 3 rings (SSSR count). The van der Waals surface area contributed by atoms with Crippen LogP contribution in [0.15, 0.2) is 48.8 Å². The van der Waals surface area contributed by atoms with Crippen molar-refractivity contribution in [3.63, 3.8) is 0 Å². The summed E-state index contributed by atoms with van der Waals surface area (Å²) in [4.78, 5) is 16.6. The number of aliphatic hydroxyl groups is 1. The highest BCUT2D eigenvalue weighted by Crippen LogP contribution is 2.31. The molecule has 1 saturated carbocycles. The van der Waals surface area contributed by atoms with Gasteiger partial charge in [-0.05, 0) is 60.9 Å². The summed E-state index contributed by atoms with van der Waals surface area (Å²) in [5, 5.41) is 12.8. The second kappa shape index (κ2) is 8.81. The number of aryl methyl sites for hydroxylation is 1. The van der Waals surface area contributed by atoms with E-state index in [1.54, 1.807) is 19.5 Å². The van der Waals surface area contributed by atoms with Gasteiger partial charge in [0.1, 0.15) is 5.75 Å². The van der Waals surface area contributed by atoms with Crippen LogP contribution in [0.3, 0.4) is 0 Å². The minimum Gasteiger partial charge on any atom is -0.496 e. The number of nitrogens with zero attached hydrogens (tertiary/aromatic N) is 1. The van der Waals surface area contributed by atoms with Crippen LogP contribution >= 0.6 is 0 Å². The number of pyridine rings is 1. The molecule has 2 N–H and O–H groups in total. The molecule has 138 valence electrons. The van der Waals surface area contributed by atoms with Crippen molar-refractivity contribution in [1.29, 1.82) is 0 Å². The first-order chi connectivity index (χ1) is 12.7. The fraction of sp³-hybridized carbons (Fsp3) is 0.429. The van der Waals surface area contributed by atoms with E-state index < -0.39 is 0 Å². The van der Waals surface area contributed by atoms with Crippen molar-refractivity contribution in [3.8, 4) is 5.75 Å². The summed E-state index contributed by atoms with van der Waals surface area (Å²) in [6.07, 6.45) is 6.64. The van der Waals surface area contributed by atoms with Gasteiger partial charge in [0.15, 0.2) is 0 Å². The summed E-state index contributed by atoms with van der Waals surface area (Å²) in [7, 11) is 1.64. The average molecular weight is 354 g/mol. The van der Waals surface area contributed by atoms with Crippen LogP contribution < -0.4 is 10.1 Å². The van der Waals surface area contributed by atoms with Gasteiger partial charge in [0.05, 0.1) is 13.2 Å². The van der Waals surface area contributed by atoms with Crippen molar-refractivity contribution >= 4 is 5.91 Å². The average Bonchev–Trinajstić information content (AvgIpc) is 2.64. The molecule has 1 aromatic heterocycles. The lowest BCUT2D eigenvalue weighted by atomic mass is 9.75. The molecule has 0 aliphatic heterocycles. The van der Waals surface area contributed by atoms with Crippen LogP contribution in [0.1, 0.15) is 30.4 Å². The molecule has 1 aromatic carbocycles. The molecular formula is C21H26N2O3. The molecule has 5 heteroatoms. The maximum absolute atomic E-state index is 12.5. The van der Waals surface area contributed by atoms with Crippen molar-refractivity contribution in [3.05, 3.63) is 59.9 Å². The molecule has 0 unspecified atom stereocenters. The Bertz CT molecular complexity index is 714. The number of aliphatic hydroxyl groups excluding tert-OH is 1. The van der Waals surface area contributed by atoms with Crippen LogP contribution in [0.5, 0.6) is 5.75 Å². The van der Waals surface area contributed by atoms with Crippen LogP contribution in [0.4, 0.5) is 0 Å². The smallest absolute Gasteiger partial charge is 0.220 e. The molecule has 1 fully saturated rings. The summed E-state index contributed by atoms with van der Waals surface area (Å²) in [6, 6.07) is 11.8. The fourth-order valence-electron chi connectivity index (χ4n) is 3.50. The van der Waals surface area contributed by atoms with Crippen LogP contribution in [0.25, 0.3) is 0 Å². The Hall–Kier alpha value is -2.40. The van der Waals surface area contributed by atoms with Gasteiger partial charge in [0, 0.05) is 24.9 Å². The number of nitrogens with one attached hydrogen (secondary N) is 1. The minimum absolute atomic E-state index is 0.0383. The lowest BCUT2D eigenvalue weighted by Gasteiger charge is -2.38. The molecule has 5 nitrogen and oxygen atoms in total. The number of aromatic nitrogens is 1. The summed E-state index contributed by atoms with van der Waals surface area (Å²) < 4.78 is 5.35. The number of carbonyl (C=O) groups is 1. The molecule has 0 radical (unpaired) electrons. The Labute approximate surface area is 154 Å². The number of methoxy groups -OCH3 is 1. The summed E-state index contributed by atoms with van der Waals surface area (Å²) in [6.45, 7) is 0. The zero-order valence-electron chi connectivity index (χ0n) is 15.1. The van der Waals surface area contributed by atoms with Crippen LogP contribution in [0.2, 0.25) is 0 Å². The number of hydrogen-bond donors (Lipinski definition) is 2. The van der Waals surface area contributed by atoms with Crippen LogP contribution in [-0.2, 0) is 17.6 Å². The third-order valence-electron chi connectivity index (χ3n) is 5.08. The van der Waals surface area contributed by atoms with E-state index in [-0.39, 0.29) is 18.1 Å². The first-order valence-electron chi connectivity index (χ1n) is 9.14. The van der Waals surface area contributed by atoms with Crippen LogP contribution in [0, 0.1) is 5.92 Å². The second-order valence-electron chi connectivity index (χ2n) is 6.93. The van der Waals surface area contributed by atoms with E-state index >= 15 is 0 Å². The van der Waals surface area contributed by atoms with Crippen molar-refractivity contribution in [1.82, 2.24) is 10.3 Å². The highest BCUT2D eigenvalue weighted by Gasteiger charge is 2.34. The molecule has 0 bridgehead atoms. The molecule has 1 aliphatic rings. The zero-order chi connectivity index (χ0) is 18.4. The largest absolute Gasteiger partial charge is 0.496 e. The van der Waals surface area contributed by atoms with Crippen molar-refractivity contribution in [2.75, 3.05) is 7.11 Å². The van der Waals surface area contributed by atoms with E-state index in [0.717, 1.165) is 36.1 Å². The molecule has 1 aliphatic carbocycles. The van der Waals surface area contributed by atoms with Gasteiger partial charge in [-0.3, -0.25) is 9.78 Å². The van der Waals surface area contributed by atoms with Gasteiger partial charge in [-0.15, -0.1) is 0 Å². The van der Waals surface area contributed by atoms with E-state index in [9.17, 15) is 9.90 Å². The third kappa shape index (κ3) is 4.82. The summed E-state index contributed by atoms with van der Waals surface area (Å²) in [5.41, 5.74) is 2.19. The van der Waals surface area contributed by atoms with Gasteiger partial charge in [-0.25, -0.2) is 0 Å². The van der Waals surface area contributed by atoms with E-state index in [1.807, 2.05) is 36.4 Å². The monoisotopic (exact) mass is 354 g/mol. The summed E-state index contributed by atoms with van der Waals surface area (Å²) >= 11 is 0. The SMILES string of the molecule is COc1ccccc1CCC(=O)N[C@@H](Cc1ccncc1)C1CC(O)C1. The zero-order valence-corrected chi connectivity index (χ0v) is 15.1. The maximum atomic E-state index is 12.5. The van der Waals surface area contributed by atoms with Gasteiger partial charge < -0.3 is 15.2 Å². The number of carbonyl (C=O) groups excluding carboxylic acids is 1. The van der Waals surface area contributed by atoms with E-state index in [4.69, 9.17) is 4.74 Å². The topological polar surface area (TPSA) is 71.5 Å². The van der Waals surface area contributed by atoms with Gasteiger partial charge in [0.25, 0.3) is 0 Å². The van der Waals surface area contributed by atoms with E-state index in [2.05, 4.69) is 10.3 Å². The number of para-hydroxylation sites is 1. The number of benzene rings is 1.